The Bertz CT molecular complexity index is 863. The molecule has 5 nitrogen and oxygen atoms in total. The number of hydrogen-bond acceptors (Lipinski definition) is 3. The van der Waals surface area contributed by atoms with Crippen LogP contribution in [0.2, 0.25) is 0 Å². The SMILES string of the molecule is CC(=O)c1ccc(NC(=O)c2cn3c(C)cccc3n2)cc1. The van der Waals surface area contributed by atoms with Crippen LogP contribution in [0.4, 0.5) is 5.69 Å². The van der Waals surface area contributed by atoms with E-state index in [2.05, 4.69) is 10.3 Å². The number of aromatic nitrogens is 2. The van der Waals surface area contributed by atoms with Crippen LogP contribution in [0.3, 0.4) is 0 Å². The molecular weight excluding hydrogens is 278 g/mol. The van der Waals surface area contributed by atoms with E-state index in [0.29, 0.717) is 16.9 Å². The molecule has 0 fully saturated rings. The highest BCUT2D eigenvalue weighted by Gasteiger charge is 2.12. The number of rotatable bonds is 3. The summed E-state index contributed by atoms with van der Waals surface area (Å²) in [4.78, 5) is 27.8. The number of amides is 1. The molecule has 3 rings (SSSR count). The molecule has 0 aliphatic heterocycles. The maximum atomic E-state index is 12.3. The Morgan fingerprint density at radius 3 is 2.45 bits per heavy atom. The van der Waals surface area contributed by atoms with Crippen LogP contribution < -0.4 is 5.32 Å². The van der Waals surface area contributed by atoms with Crippen molar-refractivity contribution in [2.45, 2.75) is 13.8 Å². The summed E-state index contributed by atoms with van der Waals surface area (Å²) in [5.41, 5.74) is 3.34. The number of nitrogens with zero attached hydrogens (tertiary/aromatic N) is 2. The van der Waals surface area contributed by atoms with Crippen LogP contribution in [0.25, 0.3) is 5.65 Å². The van der Waals surface area contributed by atoms with Gasteiger partial charge >= 0.3 is 0 Å². The molecule has 5 heteroatoms. The highest BCUT2D eigenvalue weighted by atomic mass is 16.2. The van der Waals surface area contributed by atoms with Gasteiger partial charge in [-0.25, -0.2) is 4.98 Å². The van der Waals surface area contributed by atoms with E-state index in [1.54, 1.807) is 30.5 Å². The van der Waals surface area contributed by atoms with Crippen LogP contribution >= 0.6 is 0 Å². The van der Waals surface area contributed by atoms with Gasteiger partial charge < -0.3 is 9.72 Å². The van der Waals surface area contributed by atoms with Gasteiger partial charge in [0, 0.05) is 23.1 Å². The average Bonchev–Trinajstić information content (AvgIpc) is 2.93. The Morgan fingerprint density at radius 1 is 1.09 bits per heavy atom. The topological polar surface area (TPSA) is 63.5 Å². The summed E-state index contributed by atoms with van der Waals surface area (Å²) >= 11 is 0. The van der Waals surface area contributed by atoms with Gasteiger partial charge in [0.2, 0.25) is 0 Å². The van der Waals surface area contributed by atoms with E-state index in [-0.39, 0.29) is 11.7 Å². The third kappa shape index (κ3) is 2.61. The number of hydrogen-bond donors (Lipinski definition) is 1. The van der Waals surface area contributed by atoms with Gasteiger partial charge in [-0.1, -0.05) is 6.07 Å². The Morgan fingerprint density at radius 2 is 1.82 bits per heavy atom. The second kappa shape index (κ2) is 5.44. The fraction of sp³-hybridized carbons (Fsp3) is 0.118. The van der Waals surface area contributed by atoms with Crippen molar-refractivity contribution < 1.29 is 9.59 Å². The van der Waals surface area contributed by atoms with Gasteiger partial charge in [0.05, 0.1) is 0 Å². The quantitative estimate of drug-likeness (QED) is 0.755. The number of carbonyl (C=O) groups excluding carboxylic acids is 2. The molecular formula is C17H15N3O2. The van der Waals surface area contributed by atoms with Crippen LogP contribution in [0.5, 0.6) is 0 Å². The van der Waals surface area contributed by atoms with E-state index < -0.39 is 0 Å². The number of benzene rings is 1. The molecule has 1 N–H and O–H groups in total. The van der Waals surface area contributed by atoms with Gasteiger partial charge in [0.25, 0.3) is 5.91 Å². The van der Waals surface area contributed by atoms with Crippen molar-refractivity contribution in [3.05, 3.63) is 65.6 Å². The summed E-state index contributed by atoms with van der Waals surface area (Å²) in [6, 6.07) is 12.5. The maximum absolute atomic E-state index is 12.3. The third-order valence-electron chi connectivity index (χ3n) is 3.48. The smallest absolute Gasteiger partial charge is 0.275 e. The van der Waals surface area contributed by atoms with E-state index in [0.717, 1.165) is 11.3 Å². The number of imidazole rings is 1. The number of ketones is 1. The Balaban J connectivity index is 1.83. The summed E-state index contributed by atoms with van der Waals surface area (Å²) in [6.45, 7) is 3.46. The molecule has 0 saturated carbocycles. The first kappa shape index (κ1) is 14.0. The van der Waals surface area contributed by atoms with Gasteiger partial charge in [0.15, 0.2) is 5.78 Å². The molecule has 1 aromatic carbocycles. The molecule has 0 aliphatic rings. The lowest BCUT2D eigenvalue weighted by molar-refractivity contribution is 0.101. The van der Waals surface area contributed by atoms with Gasteiger partial charge in [-0.2, -0.15) is 0 Å². The second-order valence-corrected chi connectivity index (χ2v) is 5.11. The molecule has 110 valence electrons. The number of anilines is 1. The van der Waals surface area contributed by atoms with E-state index in [9.17, 15) is 9.59 Å². The summed E-state index contributed by atoms with van der Waals surface area (Å²) in [5, 5.41) is 2.78. The zero-order valence-corrected chi connectivity index (χ0v) is 12.3. The van der Waals surface area contributed by atoms with Gasteiger partial charge in [0.1, 0.15) is 11.3 Å². The molecule has 0 unspecified atom stereocenters. The minimum absolute atomic E-state index is 0.00583. The van der Waals surface area contributed by atoms with Crippen LogP contribution in [0.15, 0.2) is 48.7 Å². The predicted octanol–water partition coefficient (Wildman–Crippen LogP) is 3.10. The second-order valence-electron chi connectivity index (χ2n) is 5.11. The van der Waals surface area contributed by atoms with Crippen molar-refractivity contribution in [2.24, 2.45) is 0 Å². The summed E-state index contributed by atoms with van der Waals surface area (Å²) in [6.07, 6.45) is 1.71. The van der Waals surface area contributed by atoms with Gasteiger partial charge in [-0.3, -0.25) is 9.59 Å². The van der Waals surface area contributed by atoms with Crippen LogP contribution in [-0.4, -0.2) is 21.1 Å². The maximum Gasteiger partial charge on any atom is 0.275 e. The number of Topliss-reactive ketones (excluding diaryl/α,β-unsaturated/α-hetero) is 1. The third-order valence-corrected chi connectivity index (χ3v) is 3.48. The Labute approximate surface area is 127 Å². The standard InChI is InChI=1S/C17H15N3O2/c1-11-4-3-5-16-19-15(10-20(11)16)17(22)18-14-8-6-13(7-9-14)12(2)21/h3-10H,1-2H3,(H,18,22). The lowest BCUT2D eigenvalue weighted by Gasteiger charge is -2.03. The predicted molar refractivity (Wildman–Crippen MR) is 84.3 cm³/mol. The Hall–Kier alpha value is -2.95. The van der Waals surface area contributed by atoms with E-state index in [1.165, 1.54) is 6.92 Å². The number of carbonyl (C=O) groups is 2. The minimum atomic E-state index is -0.279. The van der Waals surface area contributed by atoms with E-state index in [4.69, 9.17) is 0 Å². The summed E-state index contributed by atoms with van der Waals surface area (Å²) in [5.74, 6) is -0.285. The molecule has 3 aromatic rings. The Kier molecular flexibility index (Phi) is 3.47. The number of pyridine rings is 1. The first-order valence-electron chi connectivity index (χ1n) is 6.91. The minimum Gasteiger partial charge on any atom is -0.321 e. The van der Waals surface area contributed by atoms with E-state index >= 15 is 0 Å². The molecule has 1 amide bonds. The van der Waals surface area contributed by atoms with Crippen molar-refractivity contribution in [3.63, 3.8) is 0 Å². The van der Waals surface area contributed by atoms with Crippen molar-refractivity contribution in [1.29, 1.82) is 0 Å². The largest absolute Gasteiger partial charge is 0.321 e. The fourth-order valence-corrected chi connectivity index (χ4v) is 2.24. The highest BCUT2D eigenvalue weighted by Crippen LogP contribution is 2.13. The molecule has 0 atom stereocenters. The van der Waals surface area contributed by atoms with Crippen molar-refractivity contribution in [1.82, 2.24) is 9.38 Å². The number of fused-ring (bicyclic) bond motifs is 1. The van der Waals surface area contributed by atoms with Crippen LogP contribution in [0, 0.1) is 6.92 Å². The first-order chi connectivity index (χ1) is 10.5. The number of aryl methyl sites for hydroxylation is 1. The summed E-state index contributed by atoms with van der Waals surface area (Å²) < 4.78 is 1.87. The van der Waals surface area contributed by atoms with Crippen LogP contribution in [0.1, 0.15) is 33.5 Å². The monoisotopic (exact) mass is 293 g/mol. The highest BCUT2D eigenvalue weighted by molar-refractivity contribution is 6.03. The average molecular weight is 293 g/mol. The van der Waals surface area contributed by atoms with Crippen molar-refractivity contribution >= 4 is 23.0 Å². The first-order valence-corrected chi connectivity index (χ1v) is 6.91. The fourth-order valence-electron chi connectivity index (χ4n) is 2.24. The molecule has 0 radical (unpaired) electrons. The van der Waals surface area contributed by atoms with Crippen LogP contribution in [-0.2, 0) is 0 Å². The molecule has 0 saturated heterocycles. The number of nitrogens with one attached hydrogen (secondary N) is 1. The molecule has 0 bridgehead atoms. The lowest BCUT2D eigenvalue weighted by atomic mass is 10.1. The summed E-state index contributed by atoms with van der Waals surface area (Å²) in [7, 11) is 0. The van der Waals surface area contributed by atoms with Gasteiger partial charge in [-0.05, 0) is 50.2 Å². The molecule has 22 heavy (non-hydrogen) atoms. The molecule has 2 heterocycles. The zero-order valence-electron chi connectivity index (χ0n) is 12.3. The molecule has 0 aliphatic carbocycles. The molecule has 2 aromatic heterocycles. The lowest BCUT2D eigenvalue weighted by Crippen LogP contribution is -2.12. The van der Waals surface area contributed by atoms with Crippen molar-refractivity contribution in [2.75, 3.05) is 5.32 Å². The zero-order chi connectivity index (χ0) is 15.7. The van der Waals surface area contributed by atoms with E-state index in [1.807, 2.05) is 29.5 Å². The normalized spacial score (nSPS) is 10.6. The van der Waals surface area contributed by atoms with Gasteiger partial charge in [-0.15, -0.1) is 0 Å². The van der Waals surface area contributed by atoms with Crippen molar-refractivity contribution in [3.8, 4) is 0 Å². The molecule has 0 spiro atoms.